The van der Waals surface area contributed by atoms with Crippen LogP contribution in [0, 0.1) is 13.8 Å². The maximum Gasteiger partial charge on any atom is 0.109 e. The van der Waals surface area contributed by atoms with Crippen molar-refractivity contribution in [3.63, 3.8) is 0 Å². The molecule has 2 aliphatic rings. The highest BCUT2D eigenvalue weighted by Gasteiger charge is 2.22. The number of hydrogen-bond acceptors (Lipinski definition) is 3. The summed E-state index contributed by atoms with van der Waals surface area (Å²) < 4.78 is 2.30. The summed E-state index contributed by atoms with van der Waals surface area (Å²) in [5.41, 5.74) is 10.9. The van der Waals surface area contributed by atoms with Gasteiger partial charge in [0.1, 0.15) is 5.82 Å². The fourth-order valence-corrected chi connectivity index (χ4v) is 5.41. The van der Waals surface area contributed by atoms with E-state index in [4.69, 9.17) is 4.98 Å². The predicted molar refractivity (Wildman–Crippen MR) is 149 cm³/mol. The SMILES string of the molecule is C=Cc1cc(C)c(C)c(CCCCNC)c1.CNC1CCc2ccc(-c3cn4c(n3)CCC4)cc21. The second-order valence-corrected chi connectivity index (χ2v) is 10.0. The van der Waals surface area contributed by atoms with E-state index in [9.17, 15) is 0 Å². The van der Waals surface area contributed by atoms with Gasteiger partial charge in [-0.15, -0.1) is 0 Å². The third-order valence-electron chi connectivity index (χ3n) is 7.68. The van der Waals surface area contributed by atoms with Crippen molar-refractivity contribution in [3.05, 3.63) is 82.3 Å². The van der Waals surface area contributed by atoms with Gasteiger partial charge in [0.15, 0.2) is 0 Å². The van der Waals surface area contributed by atoms with Crippen LogP contribution in [0.15, 0.2) is 43.1 Å². The highest BCUT2D eigenvalue weighted by Crippen LogP contribution is 2.34. The Labute approximate surface area is 211 Å². The lowest BCUT2D eigenvalue weighted by atomic mass is 9.96. The van der Waals surface area contributed by atoms with E-state index < -0.39 is 0 Å². The number of benzene rings is 2. The molecule has 1 aliphatic carbocycles. The lowest BCUT2D eigenvalue weighted by Crippen LogP contribution is -2.12. The summed E-state index contributed by atoms with van der Waals surface area (Å²) in [6.07, 6.45) is 12.6. The largest absolute Gasteiger partial charge is 0.334 e. The Balaban J connectivity index is 0.000000168. The van der Waals surface area contributed by atoms with Crippen LogP contribution in [0.2, 0.25) is 0 Å². The van der Waals surface area contributed by atoms with Gasteiger partial charge in [-0.3, -0.25) is 0 Å². The van der Waals surface area contributed by atoms with Crippen molar-refractivity contribution in [1.82, 2.24) is 20.2 Å². The molecule has 1 atom stereocenters. The Morgan fingerprint density at radius 2 is 1.97 bits per heavy atom. The molecule has 35 heavy (non-hydrogen) atoms. The summed E-state index contributed by atoms with van der Waals surface area (Å²) in [7, 11) is 4.06. The van der Waals surface area contributed by atoms with Gasteiger partial charge >= 0.3 is 0 Å². The van der Waals surface area contributed by atoms with E-state index in [0.717, 1.165) is 25.2 Å². The van der Waals surface area contributed by atoms with Crippen molar-refractivity contribution in [2.45, 2.75) is 71.4 Å². The maximum atomic E-state index is 4.78. The van der Waals surface area contributed by atoms with Gasteiger partial charge in [-0.25, -0.2) is 4.98 Å². The second-order valence-electron chi connectivity index (χ2n) is 10.0. The smallest absolute Gasteiger partial charge is 0.109 e. The number of rotatable bonds is 8. The molecule has 0 fully saturated rings. The second kappa shape index (κ2) is 11.8. The summed E-state index contributed by atoms with van der Waals surface area (Å²) in [5, 5.41) is 6.60. The molecule has 0 spiro atoms. The Morgan fingerprint density at radius 3 is 2.71 bits per heavy atom. The molecule has 3 aromatic rings. The first-order valence-corrected chi connectivity index (χ1v) is 13.3. The molecule has 186 valence electrons. The Morgan fingerprint density at radius 1 is 1.11 bits per heavy atom. The number of imidazole rings is 1. The monoisotopic (exact) mass is 470 g/mol. The van der Waals surface area contributed by atoms with E-state index >= 15 is 0 Å². The summed E-state index contributed by atoms with van der Waals surface area (Å²) in [5.74, 6) is 1.25. The number of aromatic nitrogens is 2. The Bertz CT molecular complexity index is 1140. The van der Waals surface area contributed by atoms with Gasteiger partial charge in [0.2, 0.25) is 0 Å². The van der Waals surface area contributed by atoms with Crippen molar-refractivity contribution >= 4 is 6.08 Å². The molecule has 2 N–H and O–H groups in total. The van der Waals surface area contributed by atoms with E-state index in [-0.39, 0.29) is 0 Å². The van der Waals surface area contributed by atoms with Gasteiger partial charge in [-0.2, -0.15) is 0 Å². The minimum Gasteiger partial charge on any atom is -0.334 e. The molecule has 4 nitrogen and oxygen atoms in total. The van der Waals surface area contributed by atoms with Crippen LogP contribution in [0.4, 0.5) is 0 Å². The number of fused-ring (bicyclic) bond motifs is 2. The van der Waals surface area contributed by atoms with Gasteiger partial charge < -0.3 is 15.2 Å². The average molecular weight is 471 g/mol. The van der Waals surface area contributed by atoms with Gasteiger partial charge in [0, 0.05) is 30.8 Å². The van der Waals surface area contributed by atoms with Gasteiger partial charge in [0.25, 0.3) is 0 Å². The third-order valence-corrected chi connectivity index (χ3v) is 7.68. The zero-order valence-corrected chi connectivity index (χ0v) is 22.1. The number of hydrogen-bond donors (Lipinski definition) is 2. The fourth-order valence-electron chi connectivity index (χ4n) is 5.41. The first-order chi connectivity index (χ1) is 17.0. The molecular formula is C31H42N4. The molecular weight excluding hydrogens is 428 g/mol. The zero-order valence-electron chi connectivity index (χ0n) is 22.1. The van der Waals surface area contributed by atoms with Crippen LogP contribution in [-0.2, 0) is 25.8 Å². The molecule has 0 saturated heterocycles. The van der Waals surface area contributed by atoms with E-state index in [2.05, 4.69) is 79.2 Å². The summed E-state index contributed by atoms with van der Waals surface area (Å²) in [4.78, 5) is 4.78. The normalized spacial score (nSPS) is 15.9. The van der Waals surface area contributed by atoms with Crippen LogP contribution < -0.4 is 10.6 Å². The number of aryl methyl sites for hydroxylation is 5. The molecule has 0 saturated carbocycles. The van der Waals surface area contributed by atoms with E-state index in [0.29, 0.717) is 6.04 Å². The minimum atomic E-state index is 0.518. The topological polar surface area (TPSA) is 41.9 Å². The molecule has 5 rings (SSSR count). The molecule has 0 radical (unpaired) electrons. The van der Waals surface area contributed by atoms with E-state index in [1.54, 1.807) is 0 Å². The molecule has 1 aliphatic heterocycles. The lowest BCUT2D eigenvalue weighted by molar-refractivity contribution is 0.590. The van der Waals surface area contributed by atoms with Crippen LogP contribution in [-0.4, -0.2) is 30.2 Å². The van der Waals surface area contributed by atoms with Crippen LogP contribution >= 0.6 is 0 Å². The molecule has 4 heteroatoms. The Hall–Kier alpha value is -2.69. The summed E-state index contributed by atoms with van der Waals surface area (Å²) in [6.45, 7) is 10.5. The number of nitrogens with zero attached hydrogens (tertiary/aromatic N) is 2. The van der Waals surface area contributed by atoms with Gasteiger partial charge in [-0.1, -0.05) is 36.9 Å². The minimum absolute atomic E-state index is 0.518. The summed E-state index contributed by atoms with van der Waals surface area (Å²) >= 11 is 0. The first kappa shape index (κ1) is 25.4. The van der Waals surface area contributed by atoms with Crippen LogP contribution in [0.3, 0.4) is 0 Å². The fraction of sp³-hybridized carbons (Fsp3) is 0.452. The van der Waals surface area contributed by atoms with Crippen LogP contribution in [0.5, 0.6) is 0 Å². The van der Waals surface area contributed by atoms with E-state index in [1.165, 1.54) is 83.3 Å². The molecule has 2 heterocycles. The molecule has 1 aromatic heterocycles. The quantitative estimate of drug-likeness (QED) is 0.386. The van der Waals surface area contributed by atoms with Gasteiger partial charge in [0.05, 0.1) is 5.69 Å². The molecule has 1 unspecified atom stereocenters. The molecule has 2 aromatic carbocycles. The summed E-state index contributed by atoms with van der Waals surface area (Å²) in [6, 6.07) is 11.8. The molecule has 0 bridgehead atoms. The van der Waals surface area contributed by atoms with Crippen molar-refractivity contribution in [2.24, 2.45) is 0 Å². The van der Waals surface area contributed by atoms with Crippen molar-refractivity contribution in [1.29, 1.82) is 0 Å². The average Bonchev–Trinajstić information content (AvgIpc) is 3.59. The number of unbranched alkanes of at least 4 members (excludes halogenated alkanes) is 1. The molecule has 0 amide bonds. The standard InChI is InChI=1S/C16H19N3.C15H23N/c1-17-14-7-6-11-4-5-12(9-13(11)14)15-10-19-8-2-3-16(19)18-15;1-5-14-10-12(2)13(3)15(11-14)8-6-7-9-16-4/h4-5,9-10,14,17H,2-3,6-8H2,1H3;5,10-11,16H,1,6-9H2,2-4H3. The van der Waals surface area contributed by atoms with Gasteiger partial charge in [-0.05, 0) is 112 Å². The highest BCUT2D eigenvalue weighted by molar-refractivity contribution is 5.62. The van der Waals surface area contributed by atoms with Crippen molar-refractivity contribution in [3.8, 4) is 11.3 Å². The van der Waals surface area contributed by atoms with Crippen molar-refractivity contribution in [2.75, 3.05) is 20.6 Å². The van der Waals surface area contributed by atoms with E-state index in [1.807, 2.05) is 13.1 Å². The third kappa shape index (κ3) is 5.94. The Kier molecular flexibility index (Phi) is 8.59. The highest BCUT2D eigenvalue weighted by atomic mass is 15.1. The maximum absolute atomic E-state index is 4.78. The zero-order chi connectivity index (χ0) is 24.8. The first-order valence-electron chi connectivity index (χ1n) is 13.3. The predicted octanol–water partition coefficient (Wildman–Crippen LogP) is 6.19. The van der Waals surface area contributed by atoms with Crippen molar-refractivity contribution < 1.29 is 0 Å². The van der Waals surface area contributed by atoms with Crippen LogP contribution in [0.25, 0.3) is 17.3 Å². The van der Waals surface area contributed by atoms with Crippen LogP contribution in [0.1, 0.15) is 70.9 Å². The number of nitrogens with one attached hydrogen (secondary N) is 2. The lowest BCUT2D eigenvalue weighted by Gasteiger charge is -2.10.